The summed E-state index contributed by atoms with van der Waals surface area (Å²) in [5.74, 6) is 0. The zero-order valence-electron chi connectivity index (χ0n) is 16.2. The minimum atomic E-state index is -3.97. The van der Waals surface area contributed by atoms with Gasteiger partial charge in [-0.2, -0.15) is 0 Å². The van der Waals surface area contributed by atoms with Crippen LogP contribution in [0.4, 0.5) is 17.1 Å². The number of nitro groups is 1. The van der Waals surface area contributed by atoms with Gasteiger partial charge in [-0.1, -0.05) is 42.5 Å². The van der Waals surface area contributed by atoms with Crippen LogP contribution in [0.25, 0.3) is 10.9 Å². The number of hydrogen-bond acceptors (Lipinski definition) is 6. The van der Waals surface area contributed by atoms with Crippen LogP contribution in [-0.2, 0) is 16.6 Å². The summed E-state index contributed by atoms with van der Waals surface area (Å²) in [7, 11) is -3.97. The van der Waals surface area contributed by atoms with Gasteiger partial charge in [-0.15, -0.1) is 0 Å². The lowest BCUT2D eigenvalue weighted by Gasteiger charge is -2.11. The summed E-state index contributed by atoms with van der Waals surface area (Å²) in [6.07, 6.45) is 1.69. The summed E-state index contributed by atoms with van der Waals surface area (Å²) in [5.41, 5.74) is 1.93. The van der Waals surface area contributed by atoms with Crippen LogP contribution in [0.15, 0.2) is 90.0 Å². The largest absolute Gasteiger partial charge is 0.375 e. The molecule has 0 radical (unpaired) electrons. The van der Waals surface area contributed by atoms with Crippen LogP contribution in [-0.4, -0.2) is 18.3 Å². The third kappa shape index (κ3) is 4.46. The van der Waals surface area contributed by atoms with Crippen LogP contribution in [0.5, 0.6) is 0 Å². The molecular formula is C22H18N4O4S. The van der Waals surface area contributed by atoms with E-state index >= 15 is 0 Å². The maximum atomic E-state index is 12.7. The second-order valence-corrected chi connectivity index (χ2v) is 8.44. The molecule has 2 N–H and O–H groups in total. The van der Waals surface area contributed by atoms with Crippen molar-refractivity contribution in [1.29, 1.82) is 0 Å². The zero-order valence-corrected chi connectivity index (χ0v) is 17.0. The van der Waals surface area contributed by atoms with Gasteiger partial charge < -0.3 is 5.32 Å². The van der Waals surface area contributed by atoms with Crippen molar-refractivity contribution in [2.75, 3.05) is 10.0 Å². The number of para-hydroxylation sites is 2. The van der Waals surface area contributed by atoms with Crippen LogP contribution in [0.2, 0.25) is 0 Å². The lowest BCUT2D eigenvalue weighted by atomic mass is 10.1. The van der Waals surface area contributed by atoms with Crippen molar-refractivity contribution in [3.05, 3.63) is 101 Å². The molecule has 31 heavy (non-hydrogen) atoms. The van der Waals surface area contributed by atoms with Gasteiger partial charge in [0, 0.05) is 29.9 Å². The Morgan fingerprint density at radius 3 is 2.48 bits per heavy atom. The van der Waals surface area contributed by atoms with E-state index in [1.165, 1.54) is 12.1 Å². The van der Waals surface area contributed by atoms with Crippen LogP contribution < -0.4 is 10.0 Å². The van der Waals surface area contributed by atoms with E-state index in [0.717, 1.165) is 22.5 Å². The highest BCUT2D eigenvalue weighted by Crippen LogP contribution is 2.29. The molecule has 0 atom stereocenters. The highest BCUT2D eigenvalue weighted by Gasteiger charge is 2.21. The molecule has 156 valence electrons. The summed E-state index contributed by atoms with van der Waals surface area (Å²) in [6.45, 7) is 0.295. The van der Waals surface area contributed by atoms with E-state index in [0.29, 0.717) is 12.2 Å². The molecule has 0 aliphatic heterocycles. The predicted molar refractivity (Wildman–Crippen MR) is 119 cm³/mol. The molecule has 0 saturated heterocycles. The average molecular weight is 434 g/mol. The molecule has 1 heterocycles. The molecule has 3 aromatic carbocycles. The third-order valence-corrected chi connectivity index (χ3v) is 6.07. The first-order valence-electron chi connectivity index (χ1n) is 9.37. The van der Waals surface area contributed by atoms with E-state index < -0.39 is 14.9 Å². The molecule has 0 fully saturated rings. The summed E-state index contributed by atoms with van der Waals surface area (Å²) in [6, 6.07) is 21.6. The molecule has 4 aromatic rings. The van der Waals surface area contributed by atoms with Crippen LogP contribution in [0.1, 0.15) is 5.56 Å². The van der Waals surface area contributed by atoms with E-state index in [9.17, 15) is 18.5 Å². The average Bonchev–Trinajstić information content (AvgIpc) is 2.78. The molecule has 8 nitrogen and oxygen atoms in total. The summed E-state index contributed by atoms with van der Waals surface area (Å²) >= 11 is 0. The summed E-state index contributed by atoms with van der Waals surface area (Å²) in [5, 5.41) is 15.6. The zero-order chi connectivity index (χ0) is 21.8. The standard InChI is InChI=1S/C22H18N4O4S/c27-26(28)21-14-19(31(29,30)25-18-9-2-1-3-10-18)11-12-20(21)24-15-17-7-4-6-16-8-5-13-23-22(16)17/h1-14,24-25H,15H2. The van der Waals surface area contributed by atoms with Gasteiger partial charge >= 0.3 is 0 Å². The normalized spacial score (nSPS) is 11.2. The maximum Gasteiger partial charge on any atom is 0.293 e. The second-order valence-electron chi connectivity index (χ2n) is 6.75. The smallest absolute Gasteiger partial charge is 0.293 e. The van der Waals surface area contributed by atoms with Crippen molar-refractivity contribution in [2.24, 2.45) is 0 Å². The first kappa shape index (κ1) is 20.3. The molecule has 0 spiro atoms. The molecule has 0 unspecified atom stereocenters. The van der Waals surface area contributed by atoms with Crippen LogP contribution >= 0.6 is 0 Å². The number of rotatable bonds is 7. The quantitative estimate of drug-likeness (QED) is 0.326. The Balaban J connectivity index is 1.61. The number of pyridine rings is 1. The molecule has 0 amide bonds. The first-order chi connectivity index (χ1) is 14.9. The lowest BCUT2D eigenvalue weighted by molar-refractivity contribution is -0.384. The molecule has 1 aromatic heterocycles. The van der Waals surface area contributed by atoms with E-state index in [4.69, 9.17) is 0 Å². The number of aromatic nitrogens is 1. The maximum absolute atomic E-state index is 12.7. The highest BCUT2D eigenvalue weighted by molar-refractivity contribution is 7.92. The molecule has 0 saturated carbocycles. The Labute approximate surface area is 178 Å². The van der Waals surface area contributed by atoms with Crippen molar-refractivity contribution in [3.8, 4) is 0 Å². The van der Waals surface area contributed by atoms with E-state index in [2.05, 4.69) is 15.0 Å². The van der Waals surface area contributed by atoms with Gasteiger partial charge in [0.1, 0.15) is 5.69 Å². The Morgan fingerprint density at radius 2 is 1.71 bits per heavy atom. The number of nitrogens with one attached hydrogen (secondary N) is 2. The fraction of sp³-hybridized carbons (Fsp3) is 0.0455. The van der Waals surface area contributed by atoms with E-state index in [1.807, 2.05) is 30.3 Å². The molecular weight excluding hydrogens is 416 g/mol. The van der Waals surface area contributed by atoms with Gasteiger partial charge in [0.2, 0.25) is 0 Å². The van der Waals surface area contributed by atoms with Gasteiger partial charge in [0.15, 0.2) is 0 Å². The Hall–Kier alpha value is -3.98. The number of fused-ring (bicyclic) bond motifs is 1. The Kier molecular flexibility index (Phi) is 5.50. The molecule has 9 heteroatoms. The van der Waals surface area contributed by atoms with Crippen molar-refractivity contribution in [2.45, 2.75) is 11.4 Å². The molecule has 4 rings (SSSR count). The fourth-order valence-corrected chi connectivity index (χ4v) is 4.28. The number of nitro benzene ring substituents is 1. The topological polar surface area (TPSA) is 114 Å². The van der Waals surface area contributed by atoms with Crippen molar-refractivity contribution >= 4 is 38.0 Å². The number of nitrogens with zero attached hydrogens (tertiary/aromatic N) is 2. The Bertz CT molecular complexity index is 1350. The predicted octanol–water partition coefficient (Wildman–Crippen LogP) is 4.56. The van der Waals surface area contributed by atoms with Gasteiger partial charge in [-0.3, -0.25) is 19.8 Å². The molecule has 0 bridgehead atoms. The lowest BCUT2D eigenvalue weighted by Crippen LogP contribution is -2.13. The van der Waals surface area contributed by atoms with Crippen molar-refractivity contribution in [1.82, 2.24) is 4.98 Å². The summed E-state index contributed by atoms with van der Waals surface area (Å²) in [4.78, 5) is 15.2. The Morgan fingerprint density at radius 1 is 0.935 bits per heavy atom. The number of sulfonamides is 1. The van der Waals surface area contributed by atoms with Crippen LogP contribution in [0, 0.1) is 10.1 Å². The molecule has 0 aliphatic carbocycles. The van der Waals surface area contributed by atoms with Gasteiger partial charge in [0.05, 0.1) is 15.3 Å². The minimum absolute atomic E-state index is 0.194. The fourth-order valence-electron chi connectivity index (χ4n) is 3.20. The number of anilines is 2. The number of hydrogen-bond donors (Lipinski definition) is 2. The third-order valence-electron chi connectivity index (χ3n) is 4.69. The van der Waals surface area contributed by atoms with Crippen molar-refractivity contribution in [3.63, 3.8) is 0 Å². The minimum Gasteiger partial charge on any atom is -0.375 e. The first-order valence-corrected chi connectivity index (χ1v) is 10.9. The van der Waals surface area contributed by atoms with Gasteiger partial charge in [-0.05, 0) is 35.9 Å². The second kappa shape index (κ2) is 8.41. The summed E-state index contributed by atoms with van der Waals surface area (Å²) < 4.78 is 27.7. The van der Waals surface area contributed by atoms with E-state index in [-0.39, 0.29) is 16.3 Å². The SMILES string of the molecule is O=[N+]([O-])c1cc(S(=O)(=O)Nc2ccccc2)ccc1NCc1cccc2cccnc12. The highest BCUT2D eigenvalue weighted by atomic mass is 32.2. The van der Waals surface area contributed by atoms with Crippen LogP contribution in [0.3, 0.4) is 0 Å². The van der Waals surface area contributed by atoms with Crippen molar-refractivity contribution < 1.29 is 13.3 Å². The van der Waals surface area contributed by atoms with E-state index in [1.54, 1.807) is 36.5 Å². The van der Waals surface area contributed by atoms with Gasteiger partial charge in [0.25, 0.3) is 15.7 Å². The molecule has 0 aliphatic rings. The number of benzene rings is 3. The van der Waals surface area contributed by atoms with Gasteiger partial charge in [-0.25, -0.2) is 8.42 Å². The monoisotopic (exact) mass is 434 g/mol.